The molecule has 7 heteroatoms. The molecule has 162 valence electrons. The van der Waals surface area contributed by atoms with E-state index >= 15 is 0 Å². The second kappa shape index (κ2) is 10.6. The molecule has 1 aliphatic carbocycles. The number of nitrogens with zero attached hydrogens (tertiary/aromatic N) is 2. The van der Waals surface area contributed by atoms with E-state index in [1.807, 2.05) is 13.0 Å². The van der Waals surface area contributed by atoms with Crippen LogP contribution in [-0.4, -0.2) is 60.1 Å². The van der Waals surface area contributed by atoms with Crippen LogP contribution in [0.15, 0.2) is 18.3 Å². The molecule has 2 heterocycles. The molecule has 1 aromatic heterocycles. The number of hydrogen-bond acceptors (Lipinski definition) is 5. The molecule has 2 aliphatic rings. The third kappa shape index (κ3) is 6.54. The third-order valence-electron chi connectivity index (χ3n) is 5.67. The van der Waals surface area contributed by atoms with Crippen molar-refractivity contribution < 1.29 is 14.3 Å². The number of pyridine rings is 1. The molecule has 30 heavy (non-hydrogen) atoms. The Hall–Kier alpha value is -2.43. The summed E-state index contributed by atoms with van der Waals surface area (Å²) in [6.45, 7) is 7.41. The summed E-state index contributed by atoms with van der Waals surface area (Å²) < 4.78 is 5.39. The lowest BCUT2D eigenvalue weighted by atomic mass is 9.81. The zero-order chi connectivity index (χ0) is 21.4. The molecule has 1 aliphatic heterocycles. The van der Waals surface area contributed by atoms with Gasteiger partial charge < -0.3 is 15.4 Å². The number of nitrogens with one attached hydrogen (secondary N) is 2. The van der Waals surface area contributed by atoms with Crippen molar-refractivity contribution in [1.29, 1.82) is 0 Å². The van der Waals surface area contributed by atoms with Gasteiger partial charge in [0.2, 0.25) is 11.8 Å². The number of carbonyl (C=O) groups excluding carboxylic acids is 2. The topological polar surface area (TPSA) is 83.6 Å². The average molecular weight is 413 g/mol. The molecule has 7 nitrogen and oxygen atoms in total. The minimum atomic E-state index is -0.481. The van der Waals surface area contributed by atoms with Gasteiger partial charge >= 0.3 is 0 Å². The minimum Gasteiger partial charge on any atom is -0.379 e. The monoisotopic (exact) mass is 412 g/mol. The molecular weight excluding hydrogens is 380 g/mol. The molecule has 2 fully saturated rings. The highest BCUT2D eigenvalue weighted by Gasteiger charge is 2.33. The first-order valence-corrected chi connectivity index (χ1v) is 10.8. The standard InChI is InChI=1S/C23H32N4O3/c1-18(17-27-12-14-30-15-13-27)22(29)26-23(9-4-3-5-10-23)11-8-20-6-7-21(24-16-20)25-19(2)28/h6-7,16,18H,3-5,9-10,12-15,17H2,1-2H3,(H,26,29)(H,24,25,28). The Morgan fingerprint density at radius 2 is 1.97 bits per heavy atom. The van der Waals surface area contributed by atoms with Crippen LogP contribution >= 0.6 is 0 Å². The van der Waals surface area contributed by atoms with Crippen molar-refractivity contribution in [2.24, 2.45) is 5.92 Å². The van der Waals surface area contributed by atoms with Gasteiger partial charge in [0.25, 0.3) is 0 Å². The summed E-state index contributed by atoms with van der Waals surface area (Å²) in [5, 5.41) is 5.93. The number of ether oxygens (including phenoxy) is 1. The van der Waals surface area contributed by atoms with Gasteiger partial charge in [-0.1, -0.05) is 38.0 Å². The maximum absolute atomic E-state index is 13.0. The van der Waals surface area contributed by atoms with E-state index in [0.29, 0.717) is 5.82 Å². The van der Waals surface area contributed by atoms with Crippen LogP contribution in [0.5, 0.6) is 0 Å². The Morgan fingerprint density at radius 3 is 2.60 bits per heavy atom. The molecule has 1 saturated heterocycles. The lowest BCUT2D eigenvalue weighted by molar-refractivity contribution is -0.127. The van der Waals surface area contributed by atoms with Crippen molar-refractivity contribution in [3.63, 3.8) is 0 Å². The van der Waals surface area contributed by atoms with Crippen LogP contribution < -0.4 is 10.6 Å². The van der Waals surface area contributed by atoms with E-state index in [1.54, 1.807) is 12.3 Å². The van der Waals surface area contributed by atoms with Gasteiger partial charge in [-0.15, -0.1) is 0 Å². The number of carbonyl (C=O) groups is 2. The van der Waals surface area contributed by atoms with Gasteiger partial charge in [-0.3, -0.25) is 14.5 Å². The normalized spacial score (nSPS) is 19.8. The highest BCUT2D eigenvalue weighted by atomic mass is 16.5. The Morgan fingerprint density at radius 1 is 1.23 bits per heavy atom. The molecule has 1 saturated carbocycles. The van der Waals surface area contributed by atoms with Crippen LogP contribution in [0.25, 0.3) is 0 Å². The molecule has 2 N–H and O–H groups in total. The second-order valence-corrected chi connectivity index (χ2v) is 8.31. The third-order valence-corrected chi connectivity index (χ3v) is 5.67. The Labute approximate surface area is 179 Å². The summed E-state index contributed by atoms with van der Waals surface area (Å²) >= 11 is 0. The average Bonchev–Trinajstić information content (AvgIpc) is 2.74. The predicted octanol–water partition coefficient (Wildman–Crippen LogP) is 2.18. The van der Waals surface area contributed by atoms with E-state index in [9.17, 15) is 9.59 Å². The Bertz CT molecular complexity index is 785. The molecule has 0 bridgehead atoms. The van der Waals surface area contributed by atoms with Crippen LogP contribution in [0.2, 0.25) is 0 Å². The van der Waals surface area contributed by atoms with Crippen molar-refractivity contribution in [2.75, 3.05) is 38.2 Å². The van der Waals surface area contributed by atoms with Crippen molar-refractivity contribution in [3.05, 3.63) is 23.9 Å². The first kappa shape index (κ1) is 22.3. The molecule has 0 radical (unpaired) electrons. The Kier molecular flexibility index (Phi) is 7.83. The van der Waals surface area contributed by atoms with Gasteiger partial charge in [-0.05, 0) is 25.0 Å². The van der Waals surface area contributed by atoms with Crippen molar-refractivity contribution >= 4 is 17.6 Å². The predicted molar refractivity (Wildman–Crippen MR) is 116 cm³/mol. The maximum atomic E-state index is 13.0. The smallest absolute Gasteiger partial charge is 0.225 e. The quantitative estimate of drug-likeness (QED) is 0.725. The largest absolute Gasteiger partial charge is 0.379 e. The lowest BCUT2D eigenvalue weighted by Gasteiger charge is -2.35. The number of aromatic nitrogens is 1. The second-order valence-electron chi connectivity index (χ2n) is 8.31. The number of amides is 2. The van der Waals surface area contributed by atoms with E-state index in [4.69, 9.17) is 4.74 Å². The van der Waals surface area contributed by atoms with Crippen LogP contribution in [0.3, 0.4) is 0 Å². The molecule has 1 aromatic rings. The SMILES string of the molecule is CC(=O)Nc1ccc(C#CC2(NC(=O)C(C)CN3CCOCC3)CCCCC2)cn1. The maximum Gasteiger partial charge on any atom is 0.225 e. The van der Waals surface area contributed by atoms with Crippen LogP contribution in [0.1, 0.15) is 51.5 Å². The van der Waals surface area contributed by atoms with Crippen molar-refractivity contribution in [1.82, 2.24) is 15.2 Å². The van der Waals surface area contributed by atoms with Gasteiger partial charge in [-0.2, -0.15) is 0 Å². The molecule has 1 atom stereocenters. The van der Waals surface area contributed by atoms with Crippen LogP contribution in [-0.2, 0) is 14.3 Å². The van der Waals surface area contributed by atoms with E-state index in [2.05, 4.69) is 32.4 Å². The van der Waals surface area contributed by atoms with E-state index in [1.165, 1.54) is 13.3 Å². The first-order chi connectivity index (χ1) is 14.5. The summed E-state index contributed by atoms with van der Waals surface area (Å²) in [7, 11) is 0. The van der Waals surface area contributed by atoms with Crippen molar-refractivity contribution in [3.8, 4) is 11.8 Å². The summed E-state index contributed by atoms with van der Waals surface area (Å²) in [5.41, 5.74) is 0.287. The zero-order valence-electron chi connectivity index (χ0n) is 18.0. The number of rotatable bonds is 5. The zero-order valence-corrected chi connectivity index (χ0v) is 18.0. The first-order valence-electron chi connectivity index (χ1n) is 10.8. The summed E-state index contributed by atoms with van der Waals surface area (Å²) in [6.07, 6.45) is 6.69. The fourth-order valence-electron chi connectivity index (χ4n) is 3.96. The van der Waals surface area contributed by atoms with Crippen molar-refractivity contribution in [2.45, 2.75) is 51.5 Å². The highest BCUT2D eigenvalue weighted by molar-refractivity contribution is 5.87. The van der Waals surface area contributed by atoms with Gasteiger partial charge in [0.15, 0.2) is 0 Å². The van der Waals surface area contributed by atoms with Gasteiger partial charge in [0, 0.05) is 44.2 Å². The van der Waals surface area contributed by atoms with E-state index in [-0.39, 0.29) is 17.7 Å². The lowest BCUT2D eigenvalue weighted by Crippen LogP contribution is -2.52. The molecule has 0 spiro atoms. The molecule has 2 amide bonds. The number of morpholine rings is 1. The summed E-state index contributed by atoms with van der Waals surface area (Å²) in [6, 6.07) is 3.58. The fourth-order valence-corrected chi connectivity index (χ4v) is 3.96. The van der Waals surface area contributed by atoms with Crippen LogP contribution in [0, 0.1) is 17.8 Å². The highest BCUT2D eigenvalue weighted by Crippen LogP contribution is 2.28. The molecule has 1 unspecified atom stereocenters. The number of hydrogen-bond donors (Lipinski definition) is 2. The Balaban J connectivity index is 1.66. The fraction of sp³-hybridized carbons (Fsp3) is 0.609. The van der Waals surface area contributed by atoms with Gasteiger partial charge in [0.05, 0.1) is 13.2 Å². The summed E-state index contributed by atoms with van der Waals surface area (Å²) in [4.78, 5) is 30.6. The summed E-state index contributed by atoms with van der Waals surface area (Å²) in [5.74, 6) is 6.87. The van der Waals surface area contributed by atoms with Gasteiger partial charge in [0.1, 0.15) is 11.4 Å². The number of anilines is 1. The molecular formula is C23H32N4O3. The molecule has 0 aromatic carbocycles. The van der Waals surface area contributed by atoms with E-state index < -0.39 is 5.54 Å². The van der Waals surface area contributed by atoms with Crippen LogP contribution in [0.4, 0.5) is 5.82 Å². The van der Waals surface area contributed by atoms with E-state index in [0.717, 1.165) is 64.1 Å². The minimum absolute atomic E-state index is 0.0665. The van der Waals surface area contributed by atoms with Gasteiger partial charge in [-0.25, -0.2) is 4.98 Å². The molecule has 3 rings (SSSR count).